The fourth-order valence-electron chi connectivity index (χ4n) is 1.42. The SMILES string of the molecule is FC1(F)CCN(c2nc(Cl)cs2)CC1. The molecule has 1 saturated heterocycles. The van der Waals surface area contributed by atoms with Crippen molar-refractivity contribution in [3.8, 4) is 0 Å². The molecule has 0 N–H and O–H groups in total. The number of hydrogen-bond donors (Lipinski definition) is 0. The molecule has 0 amide bonds. The van der Waals surface area contributed by atoms with Gasteiger partial charge in [-0.05, 0) is 0 Å². The second-order valence-electron chi connectivity index (χ2n) is 3.30. The van der Waals surface area contributed by atoms with Gasteiger partial charge in [0.05, 0.1) is 0 Å². The summed E-state index contributed by atoms with van der Waals surface area (Å²) in [6.45, 7) is 0.716. The van der Waals surface area contributed by atoms with Crippen LogP contribution in [-0.4, -0.2) is 24.0 Å². The van der Waals surface area contributed by atoms with Crippen molar-refractivity contribution in [2.75, 3.05) is 18.0 Å². The Morgan fingerprint density at radius 1 is 1.43 bits per heavy atom. The maximum absolute atomic E-state index is 12.8. The second-order valence-corrected chi connectivity index (χ2v) is 4.52. The average Bonchev–Trinajstić information content (AvgIpc) is 2.52. The van der Waals surface area contributed by atoms with E-state index < -0.39 is 5.92 Å². The third kappa shape index (κ3) is 2.15. The molecule has 78 valence electrons. The Hall–Kier alpha value is -0.420. The van der Waals surface area contributed by atoms with E-state index in [-0.39, 0.29) is 12.8 Å². The van der Waals surface area contributed by atoms with Gasteiger partial charge in [0.1, 0.15) is 5.15 Å². The highest BCUT2D eigenvalue weighted by Gasteiger charge is 2.34. The van der Waals surface area contributed by atoms with Crippen molar-refractivity contribution in [3.63, 3.8) is 0 Å². The highest BCUT2D eigenvalue weighted by Crippen LogP contribution is 2.32. The van der Waals surface area contributed by atoms with Crippen LogP contribution in [0.15, 0.2) is 5.38 Å². The molecular weight excluding hydrogens is 230 g/mol. The Labute approximate surface area is 89.5 Å². The van der Waals surface area contributed by atoms with Gasteiger partial charge in [-0.2, -0.15) is 0 Å². The molecule has 1 fully saturated rings. The molecule has 0 aliphatic carbocycles. The minimum Gasteiger partial charge on any atom is -0.348 e. The van der Waals surface area contributed by atoms with Gasteiger partial charge in [0.15, 0.2) is 5.13 Å². The van der Waals surface area contributed by atoms with Crippen molar-refractivity contribution in [1.29, 1.82) is 0 Å². The van der Waals surface area contributed by atoms with Gasteiger partial charge in [-0.25, -0.2) is 13.8 Å². The van der Waals surface area contributed by atoms with Gasteiger partial charge in [0.2, 0.25) is 0 Å². The van der Waals surface area contributed by atoms with Crippen LogP contribution in [0.4, 0.5) is 13.9 Å². The zero-order valence-corrected chi connectivity index (χ0v) is 8.91. The summed E-state index contributed by atoms with van der Waals surface area (Å²) in [5, 5.41) is 2.89. The van der Waals surface area contributed by atoms with Crippen LogP contribution < -0.4 is 4.90 Å². The van der Waals surface area contributed by atoms with Gasteiger partial charge in [-0.15, -0.1) is 11.3 Å². The van der Waals surface area contributed by atoms with Gasteiger partial charge in [-0.3, -0.25) is 0 Å². The van der Waals surface area contributed by atoms with E-state index in [0.29, 0.717) is 18.2 Å². The van der Waals surface area contributed by atoms with Crippen molar-refractivity contribution in [1.82, 2.24) is 4.98 Å². The van der Waals surface area contributed by atoms with Crippen molar-refractivity contribution < 1.29 is 8.78 Å². The Morgan fingerprint density at radius 3 is 2.57 bits per heavy atom. The second kappa shape index (κ2) is 3.62. The van der Waals surface area contributed by atoms with Gasteiger partial charge in [0.25, 0.3) is 5.92 Å². The van der Waals surface area contributed by atoms with Crippen LogP contribution in [0.1, 0.15) is 12.8 Å². The van der Waals surface area contributed by atoms with Crippen molar-refractivity contribution in [2.24, 2.45) is 0 Å². The van der Waals surface area contributed by atoms with Crippen LogP contribution in [0.3, 0.4) is 0 Å². The molecule has 1 aromatic rings. The van der Waals surface area contributed by atoms with Crippen molar-refractivity contribution in [3.05, 3.63) is 10.5 Å². The van der Waals surface area contributed by atoms with Crippen LogP contribution in [0.5, 0.6) is 0 Å². The number of alkyl halides is 2. The van der Waals surface area contributed by atoms with Crippen molar-refractivity contribution >= 4 is 28.1 Å². The Balaban J connectivity index is 2.02. The van der Waals surface area contributed by atoms with Gasteiger partial charge in [-0.1, -0.05) is 11.6 Å². The van der Waals surface area contributed by atoms with E-state index >= 15 is 0 Å². The monoisotopic (exact) mass is 238 g/mol. The van der Waals surface area contributed by atoms with Gasteiger partial charge < -0.3 is 4.90 Å². The highest BCUT2D eigenvalue weighted by molar-refractivity contribution is 7.14. The Bertz CT molecular complexity index is 319. The molecule has 0 spiro atoms. The summed E-state index contributed by atoms with van der Waals surface area (Å²) < 4.78 is 25.7. The summed E-state index contributed by atoms with van der Waals surface area (Å²) in [7, 11) is 0. The topological polar surface area (TPSA) is 16.1 Å². The minimum absolute atomic E-state index is 0.0931. The molecule has 14 heavy (non-hydrogen) atoms. The molecule has 2 nitrogen and oxygen atoms in total. The van der Waals surface area contributed by atoms with Crippen molar-refractivity contribution in [2.45, 2.75) is 18.8 Å². The summed E-state index contributed by atoms with van der Waals surface area (Å²) in [5.74, 6) is -2.50. The highest BCUT2D eigenvalue weighted by atomic mass is 35.5. The van der Waals surface area contributed by atoms with Crippen LogP contribution in [0.2, 0.25) is 5.15 Å². The molecule has 0 saturated carbocycles. The first-order valence-electron chi connectivity index (χ1n) is 4.31. The minimum atomic E-state index is -2.50. The zero-order valence-electron chi connectivity index (χ0n) is 7.34. The molecule has 6 heteroatoms. The molecule has 0 atom stereocenters. The molecule has 0 unspecified atom stereocenters. The van der Waals surface area contributed by atoms with Crippen LogP contribution in [-0.2, 0) is 0 Å². The fourth-order valence-corrected chi connectivity index (χ4v) is 2.42. The normalized spacial score (nSPS) is 21.2. The van der Waals surface area contributed by atoms with E-state index in [4.69, 9.17) is 11.6 Å². The lowest BCUT2D eigenvalue weighted by molar-refractivity contribution is -0.0220. The Kier molecular flexibility index (Phi) is 2.62. The summed E-state index contributed by atoms with van der Waals surface area (Å²) in [6, 6.07) is 0. The summed E-state index contributed by atoms with van der Waals surface area (Å²) in [4.78, 5) is 5.90. The van der Waals surface area contributed by atoms with Crippen LogP contribution >= 0.6 is 22.9 Å². The maximum Gasteiger partial charge on any atom is 0.251 e. The van der Waals surface area contributed by atoms with E-state index in [9.17, 15) is 8.78 Å². The van der Waals surface area contributed by atoms with E-state index in [2.05, 4.69) is 4.98 Å². The van der Waals surface area contributed by atoms with E-state index in [1.54, 1.807) is 5.38 Å². The first kappa shape index (κ1) is 10.1. The molecule has 0 bridgehead atoms. The predicted molar refractivity (Wildman–Crippen MR) is 53.5 cm³/mol. The third-order valence-electron chi connectivity index (χ3n) is 2.23. The number of hydrogen-bond acceptors (Lipinski definition) is 3. The molecule has 1 aliphatic heterocycles. The maximum atomic E-state index is 12.8. The number of rotatable bonds is 1. The predicted octanol–water partition coefficient (Wildman–Crippen LogP) is 3.03. The standard InChI is InChI=1S/C8H9ClF2N2S/c9-6-5-14-7(12-6)13-3-1-8(10,11)2-4-13/h5H,1-4H2. The van der Waals surface area contributed by atoms with E-state index in [1.165, 1.54) is 11.3 Å². The molecular formula is C8H9ClF2N2S. The number of thiazole rings is 1. The molecule has 2 heterocycles. The Morgan fingerprint density at radius 2 is 2.07 bits per heavy atom. The zero-order chi connectivity index (χ0) is 10.2. The van der Waals surface area contributed by atoms with Gasteiger partial charge >= 0.3 is 0 Å². The quantitative estimate of drug-likeness (QED) is 0.748. The number of piperidine rings is 1. The van der Waals surface area contributed by atoms with E-state index in [1.807, 2.05) is 4.90 Å². The first-order valence-corrected chi connectivity index (χ1v) is 5.56. The van der Waals surface area contributed by atoms with Gasteiger partial charge in [0, 0.05) is 31.3 Å². The summed E-state index contributed by atoms with van der Waals surface area (Å²) >= 11 is 7.05. The molecule has 1 aliphatic rings. The number of halogens is 3. The van der Waals surface area contributed by atoms with Crippen LogP contribution in [0, 0.1) is 0 Å². The molecule has 2 rings (SSSR count). The molecule has 0 aromatic carbocycles. The number of aromatic nitrogens is 1. The lowest BCUT2D eigenvalue weighted by Gasteiger charge is -2.31. The lowest BCUT2D eigenvalue weighted by Crippen LogP contribution is -2.39. The van der Waals surface area contributed by atoms with Crippen LogP contribution in [0.25, 0.3) is 0 Å². The van der Waals surface area contributed by atoms with E-state index in [0.717, 1.165) is 5.13 Å². The summed E-state index contributed by atoms with van der Waals surface area (Å²) in [5.41, 5.74) is 0. The lowest BCUT2D eigenvalue weighted by atomic mass is 10.1. The number of anilines is 1. The molecule has 1 aromatic heterocycles. The molecule has 0 radical (unpaired) electrons. The third-order valence-corrected chi connectivity index (χ3v) is 3.45. The number of nitrogens with zero attached hydrogens (tertiary/aromatic N) is 2. The first-order chi connectivity index (χ1) is 6.57. The smallest absolute Gasteiger partial charge is 0.251 e. The summed E-state index contributed by atoms with van der Waals surface area (Å²) in [6.07, 6.45) is -0.186. The largest absolute Gasteiger partial charge is 0.348 e. The fraction of sp³-hybridized carbons (Fsp3) is 0.625. The average molecular weight is 239 g/mol.